The summed E-state index contributed by atoms with van der Waals surface area (Å²) in [5, 5.41) is 6.13. The minimum absolute atomic E-state index is 0.113. The number of nitrogens with zero attached hydrogens (tertiary/aromatic N) is 2. The molecule has 1 aliphatic heterocycles. The van der Waals surface area contributed by atoms with Gasteiger partial charge in [-0.05, 0) is 47.2 Å². The van der Waals surface area contributed by atoms with Crippen LogP contribution in [0.1, 0.15) is 28.3 Å². The number of rotatable bonds is 8. The van der Waals surface area contributed by atoms with Gasteiger partial charge in [0, 0.05) is 46.0 Å². The Hall–Kier alpha value is -3.31. The maximum absolute atomic E-state index is 12.5. The summed E-state index contributed by atoms with van der Waals surface area (Å²) in [6.45, 7) is 3.07. The summed E-state index contributed by atoms with van der Waals surface area (Å²) in [5.41, 5.74) is 6.44. The van der Waals surface area contributed by atoms with Gasteiger partial charge in [0.25, 0.3) is 0 Å². The lowest BCUT2D eigenvalue weighted by Gasteiger charge is -2.36. The van der Waals surface area contributed by atoms with E-state index in [0.717, 1.165) is 25.9 Å². The molecule has 0 fully saturated rings. The molecule has 4 rings (SSSR count). The van der Waals surface area contributed by atoms with Crippen molar-refractivity contribution in [3.63, 3.8) is 0 Å². The van der Waals surface area contributed by atoms with E-state index in [4.69, 9.17) is 0 Å². The Balaban J connectivity index is 1.41. The molecule has 1 atom stereocenters. The van der Waals surface area contributed by atoms with Crippen LogP contribution in [0.5, 0.6) is 0 Å². The molecular weight excluding hydrogens is 408 g/mol. The van der Waals surface area contributed by atoms with Gasteiger partial charge >= 0.3 is 6.03 Å². The SMILES string of the molecule is CN(C)c1ccc(C(CNC(=O)NCCc2ccccc2)N2CCc3ccccc3C2)cc1. The summed E-state index contributed by atoms with van der Waals surface area (Å²) in [7, 11) is 4.10. The van der Waals surface area contributed by atoms with E-state index in [-0.39, 0.29) is 12.1 Å². The number of hydrogen-bond acceptors (Lipinski definition) is 3. The van der Waals surface area contributed by atoms with Crippen molar-refractivity contribution < 1.29 is 4.79 Å². The smallest absolute Gasteiger partial charge is 0.314 e. The van der Waals surface area contributed by atoms with Crippen LogP contribution in [0.2, 0.25) is 0 Å². The molecule has 0 aromatic heterocycles. The van der Waals surface area contributed by atoms with E-state index in [1.807, 2.05) is 18.2 Å². The number of urea groups is 1. The lowest BCUT2D eigenvalue weighted by atomic mass is 9.96. The van der Waals surface area contributed by atoms with E-state index in [1.54, 1.807) is 0 Å². The number of carbonyl (C=O) groups excluding carboxylic acids is 1. The van der Waals surface area contributed by atoms with Gasteiger partial charge in [0.2, 0.25) is 0 Å². The number of anilines is 1. The molecule has 0 saturated carbocycles. The first-order chi connectivity index (χ1) is 16.1. The third kappa shape index (κ3) is 6.14. The molecule has 0 saturated heterocycles. The topological polar surface area (TPSA) is 47.6 Å². The molecule has 2 N–H and O–H groups in total. The zero-order valence-corrected chi connectivity index (χ0v) is 19.6. The van der Waals surface area contributed by atoms with Gasteiger partial charge in [0.1, 0.15) is 0 Å². The van der Waals surface area contributed by atoms with Gasteiger partial charge in [0.05, 0.1) is 6.04 Å². The van der Waals surface area contributed by atoms with Crippen LogP contribution in [0, 0.1) is 0 Å². The zero-order chi connectivity index (χ0) is 23.0. The molecule has 0 spiro atoms. The Kier molecular flexibility index (Phi) is 7.63. The molecule has 1 heterocycles. The second-order valence-electron chi connectivity index (χ2n) is 8.86. The Labute approximate surface area is 197 Å². The molecule has 3 aromatic carbocycles. The van der Waals surface area contributed by atoms with Crippen molar-refractivity contribution in [1.82, 2.24) is 15.5 Å². The summed E-state index contributed by atoms with van der Waals surface area (Å²) in [6.07, 6.45) is 1.86. The van der Waals surface area contributed by atoms with Crippen molar-refractivity contribution in [3.8, 4) is 0 Å². The fraction of sp³-hybridized carbons (Fsp3) is 0.321. The lowest BCUT2D eigenvalue weighted by Crippen LogP contribution is -2.44. The van der Waals surface area contributed by atoms with Gasteiger partial charge in [-0.25, -0.2) is 4.79 Å². The normalized spacial score (nSPS) is 14.2. The van der Waals surface area contributed by atoms with E-state index < -0.39 is 0 Å². The first kappa shape index (κ1) is 22.9. The summed E-state index contributed by atoms with van der Waals surface area (Å²) in [4.78, 5) is 17.1. The van der Waals surface area contributed by atoms with Crippen LogP contribution in [0.15, 0.2) is 78.9 Å². The highest BCUT2D eigenvalue weighted by Crippen LogP contribution is 2.28. The van der Waals surface area contributed by atoms with Gasteiger partial charge in [-0.3, -0.25) is 4.90 Å². The van der Waals surface area contributed by atoms with Gasteiger partial charge in [-0.2, -0.15) is 0 Å². The summed E-state index contributed by atoms with van der Waals surface area (Å²) < 4.78 is 0. The Morgan fingerprint density at radius 1 is 0.909 bits per heavy atom. The van der Waals surface area contributed by atoms with Crippen molar-refractivity contribution >= 4 is 11.7 Å². The molecule has 1 unspecified atom stereocenters. The molecule has 172 valence electrons. The quantitative estimate of drug-likeness (QED) is 0.544. The third-order valence-corrected chi connectivity index (χ3v) is 6.39. The predicted octanol–water partition coefficient (Wildman–Crippen LogP) is 4.39. The standard InChI is InChI=1S/C28H34N4O/c1-31(2)26-14-12-24(13-15-26)27(32-19-17-23-10-6-7-11-25(23)21-32)20-30-28(33)29-18-16-22-8-4-3-5-9-22/h3-15,27H,16-21H2,1-2H3,(H2,29,30,33). The van der Waals surface area contributed by atoms with Gasteiger partial charge in [-0.1, -0.05) is 66.7 Å². The largest absolute Gasteiger partial charge is 0.378 e. The van der Waals surface area contributed by atoms with Crippen LogP contribution in [0.3, 0.4) is 0 Å². The number of benzene rings is 3. The molecule has 33 heavy (non-hydrogen) atoms. The van der Waals surface area contributed by atoms with Gasteiger partial charge < -0.3 is 15.5 Å². The number of fused-ring (bicyclic) bond motifs is 1. The van der Waals surface area contributed by atoms with E-state index in [9.17, 15) is 4.79 Å². The van der Waals surface area contributed by atoms with Crippen molar-refractivity contribution in [2.24, 2.45) is 0 Å². The number of hydrogen-bond donors (Lipinski definition) is 2. The van der Waals surface area contributed by atoms with Crippen LogP contribution in [0.4, 0.5) is 10.5 Å². The van der Waals surface area contributed by atoms with Crippen molar-refractivity contribution in [2.75, 3.05) is 38.6 Å². The number of nitrogens with one attached hydrogen (secondary N) is 2. The first-order valence-corrected chi connectivity index (χ1v) is 11.7. The minimum atomic E-state index is -0.113. The highest BCUT2D eigenvalue weighted by atomic mass is 16.2. The summed E-state index contributed by atoms with van der Waals surface area (Å²) in [5.74, 6) is 0. The molecule has 0 radical (unpaired) electrons. The summed E-state index contributed by atoms with van der Waals surface area (Å²) in [6, 6.07) is 27.6. The Morgan fingerprint density at radius 2 is 1.61 bits per heavy atom. The van der Waals surface area contributed by atoms with E-state index >= 15 is 0 Å². The number of amides is 2. The monoisotopic (exact) mass is 442 g/mol. The second kappa shape index (κ2) is 11.0. The Bertz CT molecular complexity index is 1030. The van der Waals surface area contributed by atoms with Crippen molar-refractivity contribution in [2.45, 2.75) is 25.4 Å². The average molecular weight is 443 g/mol. The Morgan fingerprint density at radius 3 is 2.33 bits per heavy atom. The second-order valence-corrected chi connectivity index (χ2v) is 8.86. The molecule has 0 aliphatic carbocycles. The maximum Gasteiger partial charge on any atom is 0.314 e. The van der Waals surface area contributed by atoms with Crippen LogP contribution in [-0.4, -0.2) is 44.7 Å². The predicted molar refractivity (Wildman–Crippen MR) is 136 cm³/mol. The summed E-state index contributed by atoms with van der Waals surface area (Å²) >= 11 is 0. The van der Waals surface area contributed by atoms with E-state index in [0.29, 0.717) is 13.1 Å². The van der Waals surface area contributed by atoms with Gasteiger partial charge in [-0.15, -0.1) is 0 Å². The zero-order valence-electron chi connectivity index (χ0n) is 19.6. The number of carbonyl (C=O) groups is 1. The molecular formula is C28H34N4O. The lowest BCUT2D eigenvalue weighted by molar-refractivity contribution is 0.174. The van der Waals surface area contributed by atoms with E-state index in [2.05, 4.69) is 95.2 Å². The van der Waals surface area contributed by atoms with Gasteiger partial charge in [0.15, 0.2) is 0 Å². The van der Waals surface area contributed by atoms with Crippen LogP contribution >= 0.6 is 0 Å². The average Bonchev–Trinajstić information content (AvgIpc) is 2.85. The first-order valence-electron chi connectivity index (χ1n) is 11.7. The minimum Gasteiger partial charge on any atom is -0.378 e. The van der Waals surface area contributed by atoms with Crippen LogP contribution < -0.4 is 15.5 Å². The molecule has 2 amide bonds. The molecule has 0 bridgehead atoms. The molecule has 5 heteroatoms. The fourth-order valence-electron chi connectivity index (χ4n) is 4.45. The highest BCUT2D eigenvalue weighted by molar-refractivity contribution is 5.73. The molecule has 5 nitrogen and oxygen atoms in total. The third-order valence-electron chi connectivity index (χ3n) is 6.39. The van der Waals surface area contributed by atoms with Crippen LogP contribution in [-0.2, 0) is 19.4 Å². The van der Waals surface area contributed by atoms with E-state index in [1.165, 1.54) is 27.9 Å². The molecule has 3 aromatic rings. The van der Waals surface area contributed by atoms with Crippen molar-refractivity contribution in [1.29, 1.82) is 0 Å². The highest BCUT2D eigenvalue weighted by Gasteiger charge is 2.25. The molecule has 1 aliphatic rings. The van der Waals surface area contributed by atoms with Crippen molar-refractivity contribution in [3.05, 3.63) is 101 Å². The van der Waals surface area contributed by atoms with Crippen LogP contribution in [0.25, 0.3) is 0 Å². The maximum atomic E-state index is 12.5. The fourth-order valence-corrected chi connectivity index (χ4v) is 4.45.